The maximum Gasteiger partial charge on any atom is 0.417 e. The Morgan fingerprint density at radius 2 is 1.79 bits per heavy atom. The van der Waals surface area contributed by atoms with Crippen LogP contribution < -0.4 is 4.90 Å². The first kappa shape index (κ1) is 21.3. The summed E-state index contributed by atoms with van der Waals surface area (Å²) in [7, 11) is 0. The van der Waals surface area contributed by atoms with Gasteiger partial charge >= 0.3 is 6.18 Å². The van der Waals surface area contributed by atoms with E-state index in [0.29, 0.717) is 10.7 Å². The van der Waals surface area contributed by atoms with Gasteiger partial charge in [0.25, 0.3) is 0 Å². The number of rotatable bonds is 6. The van der Waals surface area contributed by atoms with Gasteiger partial charge in [-0.3, -0.25) is 9.78 Å². The number of hydrogen-bond acceptors (Lipinski definition) is 4. The molecular weight excluding hydrogens is 467 g/mol. The lowest BCUT2D eigenvalue weighted by Crippen LogP contribution is -2.32. The molecule has 0 N–H and O–H groups in total. The number of carbonyl (C=O) groups is 1. The standard InChI is InChI=1S/C20H15BrF3N3OS/c21-15-5-7-17(8-6-15)27(12-16-3-1-2-10-25-16)19(28)13-29-18-9-4-14(11-26-18)20(22,23)24/h1-11H,12-13H2. The van der Waals surface area contributed by atoms with Crippen LogP contribution in [-0.2, 0) is 17.5 Å². The quantitative estimate of drug-likeness (QED) is 0.431. The summed E-state index contributed by atoms with van der Waals surface area (Å²) >= 11 is 4.46. The summed E-state index contributed by atoms with van der Waals surface area (Å²) < 4.78 is 38.8. The van der Waals surface area contributed by atoms with Gasteiger partial charge in [0.2, 0.25) is 5.91 Å². The van der Waals surface area contributed by atoms with Crippen LogP contribution in [0.5, 0.6) is 0 Å². The van der Waals surface area contributed by atoms with Crippen LogP contribution in [-0.4, -0.2) is 21.6 Å². The number of hydrogen-bond donors (Lipinski definition) is 0. The Labute approximate surface area is 178 Å². The summed E-state index contributed by atoms with van der Waals surface area (Å²) in [5, 5.41) is 0.347. The van der Waals surface area contributed by atoms with Gasteiger partial charge in [0.1, 0.15) is 0 Å². The van der Waals surface area contributed by atoms with Gasteiger partial charge in [0.05, 0.1) is 28.6 Å². The minimum atomic E-state index is -4.44. The number of amides is 1. The van der Waals surface area contributed by atoms with Gasteiger partial charge in [0, 0.05) is 22.6 Å². The molecule has 2 heterocycles. The molecule has 0 atom stereocenters. The summed E-state index contributed by atoms with van der Waals surface area (Å²) in [5.41, 5.74) is 0.603. The van der Waals surface area contributed by atoms with Gasteiger partial charge in [-0.25, -0.2) is 4.98 Å². The molecule has 150 valence electrons. The lowest BCUT2D eigenvalue weighted by atomic mass is 10.2. The van der Waals surface area contributed by atoms with Crippen molar-refractivity contribution in [3.63, 3.8) is 0 Å². The second-order valence-electron chi connectivity index (χ2n) is 5.95. The number of alkyl halides is 3. The van der Waals surface area contributed by atoms with Gasteiger partial charge in [-0.15, -0.1) is 0 Å². The molecule has 0 aliphatic carbocycles. The average molecular weight is 482 g/mol. The molecule has 0 fully saturated rings. The predicted octanol–water partition coefficient (Wildman–Crippen LogP) is 5.58. The van der Waals surface area contributed by atoms with E-state index in [4.69, 9.17) is 0 Å². The minimum absolute atomic E-state index is 0.0290. The van der Waals surface area contributed by atoms with E-state index < -0.39 is 11.7 Å². The van der Waals surface area contributed by atoms with Crippen molar-refractivity contribution in [3.05, 3.63) is 82.7 Å². The Morgan fingerprint density at radius 1 is 1.03 bits per heavy atom. The van der Waals surface area contributed by atoms with Crippen molar-refractivity contribution >= 4 is 39.3 Å². The number of aromatic nitrogens is 2. The Hall–Kier alpha value is -2.39. The van der Waals surface area contributed by atoms with Crippen molar-refractivity contribution in [2.24, 2.45) is 0 Å². The van der Waals surface area contributed by atoms with Crippen LogP contribution >= 0.6 is 27.7 Å². The molecule has 0 radical (unpaired) electrons. The van der Waals surface area contributed by atoms with Crippen molar-refractivity contribution < 1.29 is 18.0 Å². The van der Waals surface area contributed by atoms with Crippen LogP contribution in [0.4, 0.5) is 18.9 Å². The van der Waals surface area contributed by atoms with E-state index in [9.17, 15) is 18.0 Å². The summed E-state index contributed by atoms with van der Waals surface area (Å²) in [6, 6.07) is 15.0. The predicted molar refractivity (Wildman–Crippen MR) is 110 cm³/mol. The third kappa shape index (κ3) is 6.04. The highest BCUT2D eigenvalue weighted by Gasteiger charge is 2.30. The van der Waals surface area contributed by atoms with Crippen molar-refractivity contribution in [3.8, 4) is 0 Å². The number of benzene rings is 1. The smallest absolute Gasteiger partial charge is 0.306 e. The topological polar surface area (TPSA) is 46.1 Å². The molecule has 0 saturated carbocycles. The van der Waals surface area contributed by atoms with Gasteiger partial charge in [-0.1, -0.05) is 33.8 Å². The summed E-state index contributed by atoms with van der Waals surface area (Å²) in [4.78, 5) is 22.5. The van der Waals surface area contributed by atoms with E-state index >= 15 is 0 Å². The molecule has 0 aliphatic heterocycles. The fourth-order valence-corrected chi connectivity index (χ4v) is 3.43. The molecule has 3 aromatic rings. The molecule has 0 spiro atoms. The molecule has 0 saturated heterocycles. The van der Waals surface area contributed by atoms with Crippen LogP contribution in [0, 0.1) is 0 Å². The average Bonchev–Trinajstić information content (AvgIpc) is 2.71. The number of halogens is 4. The first-order chi connectivity index (χ1) is 13.8. The zero-order valence-corrected chi connectivity index (χ0v) is 17.3. The van der Waals surface area contributed by atoms with Crippen LogP contribution in [0.25, 0.3) is 0 Å². The van der Waals surface area contributed by atoms with Crippen LogP contribution in [0.1, 0.15) is 11.3 Å². The summed E-state index contributed by atoms with van der Waals surface area (Å²) in [5.74, 6) is -0.175. The minimum Gasteiger partial charge on any atom is -0.306 e. The molecule has 2 aromatic heterocycles. The van der Waals surface area contributed by atoms with E-state index in [1.165, 1.54) is 6.07 Å². The molecule has 1 aromatic carbocycles. The number of pyridine rings is 2. The molecule has 29 heavy (non-hydrogen) atoms. The fourth-order valence-electron chi connectivity index (χ4n) is 2.45. The van der Waals surface area contributed by atoms with Gasteiger partial charge in [0.15, 0.2) is 0 Å². The first-order valence-corrected chi connectivity index (χ1v) is 10.2. The molecule has 4 nitrogen and oxygen atoms in total. The fraction of sp³-hybridized carbons (Fsp3) is 0.150. The molecule has 9 heteroatoms. The summed E-state index contributed by atoms with van der Waals surface area (Å²) in [6.07, 6.45) is -2.01. The van der Waals surface area contributed by atoms with Gasteiger partial charge in [-0.05, 0) is 48.5 Å². The van der Waals surface area contributed by atoms with E-state index in [1.807, 2.05) is 36.4 Å². The van der Waals surface area contributed by atoms with Crippen LogP contribution in [0.2, 0.25) is 0 Å². The molecule has 3 rings (SSSR count). The number of anilines is 1. The van der Waals surface area contributed by atoms with Gasteiger partial charge < -0.3 is 4.90 Å². The van der Waals surface area contributed by atoms with Gasteiger partial charge in [-0.2, -0.15) is 13.2 Å². The highest BCUT2D eigenvalue weighted by molar-refractivity contribution is 9.10. The SMILES string of the molecule is O=C(CSc1ccc(C(F)(F)F)cn1)N(Cc1ccccn1)c1ccc(Br)cc1. The molecule has 0 unspecified atom stereocenters. The van der Waals surface area contributed by atoms with E-state index in [-0.39, 0.29) is 18.2 Å². The highest BCUT2D eigenvalue weighted by atomic mass is 79.9. The highest BCUT2D eigenvalue weighted by Crippen LogP contribution is 2.30. The zero-order valence-electron chi connectivity index (χ0n) is 14.9. The largest absolute Gasteiger partial charge is 0.417 e. The van der Waals surface area contributed by atoms with Crippen molar-refractivity contribution in [1.29, 1.82) is 0 Å². The van der Waals surface area contributed by atoms with Crippen molar-refractivity contribution in [1.82, 2.24) is 9.97 Å². The first-order valence-electron chi connectivity index (χ1n) is 8.45. The Bertz CT molecular complexity index is 951. The molecule has 0 bridgehead atoms. The Kier molecular flexibility index (Phi) is 6.92. The lowest BCUT2D eigenvalue weighted by molar-refractivity contribution is -0.137. The second kappa shape index (κ2) is 9.41. The number of nitrogens with zero attached hydrogens (tertiary/aromatic N) is 3. The van der Waals surface area contributed by atoms with E-state index in [2.05, 4.69) is 25.9 Å². The maximum atomic E-state index is 12.9. The third-order valence-corrected chi connectivity index (χ3v) is 5.35. The van der Waals surface area contributed by atoms with Crippen molar-refractivity contribution in [2.75, 3.05) is 10.7 Å². The second-order valence-corrected chi connectivity index (χ2v) is 7.86. The monoisotopic (exact) mass is 481 g/mol. The van der Waals surface area contributed by atoms with Crippen LogP contribution in [0.15, 0.2) is 76.5 Å². The Balaban J connectivity index is 1.73. The third-order valence-electron chi connectivity index (χ3n) is 3.89. The van der Waals surface area contributed by atoms with E-state index in [0.717, 1.165) is 34.2 Å². The lowest BCUT2D eigenvalue weighted by Gasteiger charge is -2.22. The van der Waals surface area contributed by atoms with E-state index in [1.54, 1.807) is 17.2 Å². The normalized spacial score (nSPS) is 11.3. The zero-order chi connectivity index (χ0) is 20.9. The van der Waals surface area contributed by atoms with Crippen LogP contribution in [0.3, 0.4) is 0 Å². The Morgan fingerprint density at radius 3 is 2.38 bits per heavy atom. The number of thioether (sulfide) groups is 1. The van der Waals surface area contributed by atoms with Crippen molar-refractivity contribution in [2.45, 2.75) is 17.7 Å². The molecular formula is C20H15BrF3N3OS. The molecule has 0 aliphatic rings. The maximum absolute atomic E-state index is 12.9. The molecule has 1 amide bonds. The number of carbonyl (C=O) groups excluding carboxylic acids is 1. The summed E-state index contributed by atoms with van der Waals surface area (Å²) in [6.45, 7) is 0.280.